The summed E-state index contributed by atoms with van der Waals surface area (Å²) in [7, 11) is 0. The third kappa shape index (κ3) is 3.48. The molecule has 1 amide bonds. The van der Waals surface area contributed by atoms with Crippen LogP contribution < -0.4 is 11.1 Å². The highest BCUT2D eigenvalue weighted by Crippen LogP contribution is 2.37. The first-order valence-electron chi connectivity index (χ1n) is 7.82. The molecule has 0 aromatic rings. The first-order chi connectivity index (χ1) is 9.05. The van der Waals surface area contributed by atoms with Crippen molar-refractivity contribution in [3.63, 3.8) is 0 Å². The van der Waals surface area contributed by atoms with E-state index in [1.165, 1.54) is 32.4 Å². The maximum atomic E-state index is 11.5. The van der Waals surface area contributed by atoms with Crippen LogP contribution in [-0.2, 0) is 4.79 Å². The molecule has 2 aliphatic rings. The van der Waals surface area contributed by atoms with E-state index in [4.69, 9.17) is 5.73 Å². The summed E-state index contributed by atoms with van der Waals surface area (Å²) in [5, 5.41) is 3.23. The van der Waals surface area contributed by atoms with E-state index in [-0.39, 0.29) is 5.91 Å². The van der Waals surface area contributed by atoms with Crippen LogP contribution in [0.15, 0.2) is 0 Å². The number of rotatable bonds is 7. The third-order valence-corrected chi connectivity index (χ3v) is 5.06. The van der Waals surface area contributed by atoms with Crippen molar-refractivity contribution in [1.82, 2.24) is 10.2 Å². The number of likely N-dealkylation sites (N-methyl/N-ethyl adjacent to an activating group) is 1. The molecule has 1 saturated heterocycles. The molecule has 4 heteroatoms. The number of nitrogens with two attached hydrogens (primary N) is 1. The highest BCUT2D eigenvalue weighted by Gasteiger charge is 2.36. The molecule has 3 atom stereocenters. The molecule has 0 radical (unpaired) electrons. The van der Waals surface area contributed by atoms with Crippen LogP contribution in [0.3, 0.4) is 0 Å². The molecule has 2 fully saturated rings. The molecular formula is C15H29N3O. The third-order valence-electron chi connectivity index (χ3n) is 5.06. The predicted octanol–water partition coefficient (Wildman–Crippen LogP) is 1.35. The van der Waals surface area contributed by atoms with E-state index in [1.807, 2.05) is 13.8 Å². The zero-order chi connectivity index (χ0) is 13.9. The lowest BCUT2D eigenvalue weighted by molar-refractivity contribution is -0.124. The minimum absolute atomic E-state index is 0.229. The lowest BCUT2D eigenvalue weighted by Gasteiger charge is -2.28. The number of nitrogens with one attached hydrogen (secondary N) is 1. The second kappa shape index (κ2) is 6.23. The van der Waals surface area contributed by atoms with Gasteiger partial charge in [-0.05, 0) is 57.5 Å². The van der Waals surface area contributed by atoms with Gasteiger partial charge in [0.05, 0.1) is 5.54 Å². The Morgan fingerprint density at radius 3 is 2.53 bits per heavy atom. The SMILES string of the molecule is CCNC(C)(CCCN1CC2CCCC2C1)C(N)=O. The van der Waals surface area contributed by atoms with E-state index in [1.54, 1.807) is 0 Å². The molecule has 1 saturated carbocycles. The van der Waals surface area contributed by atoms with Gasteiger partial charge < -0.3 is 16.0 Å². The summed E-state index contributed by atoms with van der Waals surface area (Å²) in [6.45, 7) is 8.40. The Labute approximate surface area is 117 Å². The van der Waals surface area contributed by atoms with Crippen LogP contribution in [0.1, 0.15) is 46.0 Å². The average molecular weight is 267 g/mol. The van der Waals surface area contributed by atoms with E-state index >= 15 is 0 Å². The molecule has 1 aliphatic carbocycles. The number of amides is 1. The zero-order valence-corrected chi connectivity index (χ0v) is 12.5. The van der Waals surface area contributed by atoms with E-state index in [9.17, 15) is 4.79 Å². The molecule has 19 heavy (non-hydrogen) atoms. The highest BCUT2D eigenvalue weighted by molar-refractivity contribution is 5.84. The van der Waals surface area contributed by atoms with Gasteiger partial charge in [-0.2, -0.15) is 0 Å². The van der Waals surface area contributed by atoms with Crippen molar-refractivity contribution in [2.75, 3.05) is 26.2 Å². The number of nitrogens with zero attached hydrogens (tertiary/aromatic N) is 1. The fraction of sp³-hybridized carbons (Fsp3) is 0.933. The monoisotopic (exact) mass is 267 g/mol. The summed E-state index contributed by atoms with van der Waals surface area (Å²) in [6, 6.07) is 0. The van der Waals surface area contributed by atoms with Gasteiger partial charge in [-0.3, -0.25) is 4.79 Å². The molecule has 1 aliphatic heterocycles. The van der Waals surface area contributed by atoms with Crippen LogP contribution in [0.5, 0.6) is 0 Å². The van der Waals surface area contributed by atoms with E-state index < -0.39 is 5.54 Å². The minimum atomic E-state index is -0.537. The number of hydrogen-bond acceptors (Lipinski definition) is 3. The Hall–Kier alpha value is -0.610. The molecule has 0 aromatic carbocycles. The minimum Gasteiger partial charge on any atom is -0.368 e. The second-order valence-corrected chi connectivity index (χ2v) is 6.54. The van der Waals surface area contributed by atoms with E-state index in [0.717, 1.165) is 37.8 Å². The first-order valence-corrected chi connectivity index (χ1v) is 7.82. The number of carbonyl (C=O) groups is 1. The van der Waals surface area contributed by atoms with Crippen molar-refractivity contribution in [2.24, 2.45) is 17.6 Å². The summed E-state index contributed by atoms with van der Waals surface area (Å²) in [6.07, 6.45) is 6.17. The Bertz CT molecular complexity index is 309. The van der Waals surface area contributed by atoms with Gasteiger partial charge in [0.2, 0.25) is 5.91 Å². The van der Waals surface area contributed by atoms with E-state index in [2.05, 4.69) is 10.2 Å². The molecule has 0 aromatic heterocycles. The van der Waals surface area contributed by atoms with Crippen molar-refractivity contribution in [1.29, 1.82) is 0 Å². The molecular weight excluding hydrogens is 238 g/mol. The van der Waals surface area contributed by atoms with Gasteiger partial charge in [0.1, 0.15) is 0 Å². The molecule has 4 nitrogen and oxygen atoms in total. The van der Waals surface area contributed by atoms with Gasteiger partial charge in [0, 0.05) is 13.1 Å². The van der Waals surface area contributed by atoms with Crippen molar-refractivity contribution >= 4 is 5.91 Å². The number of fused-ring (bicyclic) bond motifs is 1. The van der Waals surface area contributed by atoms with Crippen LogP contribution >= 0.6 is 0 Å². The Kier molecular flexibility index (Phi) is 4.85. The van der Waals surface area contributed by atoms with E-state index in [0.29, 0.717) is 0 Å². The summed E-state index contributed by atoms with van der Waals surface area (Å²) >= 11 is 0. The quantitative estimate of drug-likeness (QED) is 0.732. The average Bonchev–Trinajstić information content (AvgIpc) is 2.89. The van der Waals surface area contributed by atoms with Crippen molar-refractivity contribution in [3.8, 4) is 0 Å². The normalized spacial score (nSPS) is 30.2. The largest absolute Gasteiger partial charge is 0.368 e. The zero-order valence-electron chi connectivity index (χ0n) is 12.5. The van der Waals surface area contributed by atoms with Crippen LogP contribution in [0.25, 0.3) is 0 Å². The van der Waals surface area contributed by atoms with Crippen LogP contribution in [0.4, 0.5) is 0 Å². The number of carbonyl (C=O) groups excluding carboxylic acids is 1. The summed E-state index contributed by atoms with van der Waals surface area (Å²) in [5.74, 6) is 1.68. The summed E-state index contributed by atoms with van der Waals surface area (Å²) < 4.78 is 0. The first kappa shape index (κ1) is 14.8. The van der Waals surface area contributed by atoms with Crippen LogP contribution in [-0.4, -0.2) is 42.5 Å². The predicted molar refractivity (Wildman–Crippen MR) is 77.8 cm³/mol. The molecule has 3 N–H and O–H groups in total. The van der Waals surface area contributed by atoms with Gasteiger partial charge >= 0.3 is 0 Å². The maximum absolute atomic E-state index is 11.5. The highest BCUT2D eigenvalue weighted by atomic mass is 16.1. The summed E-state index contributed by atoms with van der Waals surface area (Å²) in [4.78, 5) is 14.1. The van der Waals surface area contributed by atoms with Crippen LogP contribution in [0.2, 0.25) is 0 Å². The van der Waals surface area contributed by atoms with Gasteiger partial charge in [0.15, 0.2) is 0 Å². The Morgan fingerprint density at radius 1 is 1.37 bits per heavy atom. The fourth-order valence-electron chi connectivity index (χ4n) is 3.86. The Balaban J connectivity index is 1.72. The number of primary amides is 1. The van der Waals surface area contributed by atoms with Gasteiger partial charge in [-0.15, -0.1) is 0 Å². The molecule has 3 unspecified atom stereocenters. The number of hydrogen-bond donors (Lipinski definition) is 2. The molecule has 1 heterocycles. The maximum Gasteiger partial charge on any atom is 0.237 e. The molecule has 2 rings (SSSR count). The molecule has 0 bridgehead atoms. The number of likely N-dealkylation sites (tertiary alicyclic amines) is 1. The lowest BCUT2D eigenvalue weighted by atomic mass is 9.94. The fourth-order valence-corrected chi connectivity index (χ4v) is 3.86. The van der Waals surface area contributed by atoms with Crippen molar-refractivity contribution in [2.45, 2.75) is 51.5 Å². The van der Waals surface area contributed by atoms with Crippen molar-refractivity contribution in [3.05, 3.63) is 0 Å². The van der Waals surface area contributed by atoms with Gasteiger partial charge in [-0.1, -0.05) is 13.3 Å². The summed E-state index contributed by atoms with van der Waals surface area (Å²) in [5.41, 5.74) is 4.97. The Morgan fingerprint density at radius 2 is 2.00 bits per heavy atom. The second-order valence-electron chi connectivity index (χ2n) is 6.54. The molecule has 110 valence electrons. The van der Waals surface area contributed by atoms with Crippen molar-refractivity contribution < 1.29 is 4.79 Å². The smallest absolute Gasteiger partial charge is 0.237 e. The standard InChI is InChI=1S/C15H29N3O/c1-3-17-15(2,14(16)19)8-5-9-18-10-12-6-4-7-13(12)11-18/h12-13,17H,3-11H2,1-2H3,(H2,16,19). The molecule has 0 spiro atoms. The topological polar surface area (TPSA) is 58.4 Å². The van der Waals surface area contributed by atoms with Gasteiger partial charge in [0.25, 0.3) is 0 Å². The van der Waals surface area contributed by atoms with Gasteiger partial charge in [-0.25, -0.2) is 0 Å². The van der Waals surface area contributed by atoms with Crippen LogP contribution in [0, 0.1) is 11.8 Å². The lowest BCUT2D eigenvalue weighted by Crippen LogP contribution is -2.53.